The van der Waals surface area contributed by atoms with Gasteiger partial charge in [0.05, 0.1) is 7.11 Å². The van der Waals surface area contributed by atoms with Crippen LogP contribution in [0.5, 0.6) is 0 Å². The zero-order valence-electron chi connectivity index (χ0n) is 31.1. The molecule has 300 valence electrons. The number of amides is 7. The molecule has 3 saturated heterocycles. The molecule has 1 aromatic rings. The first-order valence-electron chi connectivity index (χ1n) is 17.9. The van der Waals surface area contributed by atoms with E-state index >= 15 is 0 Å². The van der Waals surface area contributed by atoms with Crippen molar-refractivity contribution in [2.75, 3.05) is 26.7 Å². The second kappa shape index (κ2) is 19.6. The molecule has 0 unspecified atom stereocenters. The van der Waals surface area contributed by atoms with Crippen molar-refractivity contribution < 1.29 is 55.3 Å². The summed E-state index contributed by atoms with van der Waals surface area (Å²) < 4.78 is 32.8. The van der Waals surface area contributed by atoms with Crippen molar-refractivity contribution in [1.29, 1.82) is 0 Å². The van der Waals surface area contributed by atoms with Crippen molar-refractivity contribution in [2.24, 2.45) is 24.4 Å². The van der Waals surface area contributed by atoms with E-state index in [0.717, 1.165) is 7.11 Å². The van der Waals surface area contributed by atoms with E-state index in [1.165, 1.54) is 9.80 Å². The van der Waals surface area contributed by atoms with Gasteiger partial charge in [-0.1, -0.05) is 13.8 Å². The number of primary amides is 2. The van der Waals surface area contributed by atoms with Crippen molar-refractivity contribution in [3.05, 3.63) is 30.1 Å². The van der Waals surface area contributed by atoms with E-state index in [0.29, 0.717) is 63.7 Å². The maximum atomic E-state index is 13.9. The van der Waals surface area contributed by atoms with Crippen LogP contribution >= 0.6 is 0 Å². The Morgan fingerprint density at radius 1 is 0.907 bits per heavy atom. The highest BCUT2D eigenvalue weighted by atomic mass is 32.3. The van der Waals surface area contributed by atoms with Crippen LogP contribution in [0, 0.1) is 5.92 Å². The third-order valence-electron chi connectivity index (χ3n) is 9.53. The summed E-state index contributed by atoms with van der Waals surface area (Å²) in [7, 11) is -1.80. The summed E-state index contributed by atoms with van der Waals surface area (Å²) in [4.78, 5) is 96.3. The van der Waals surface area contributed by atoms with E-state index in [9.17, 15) is 46.5 Å². The fraction of sp³-hybridized carbons (Fsp3) is 0.647. The predicted octanol–water partition coefficient (Wildman–Crippen LogP) is -2.04. The number of aromatic nitrogens is 1. The molecule has 4 heterocycles. The first-order valence-corrected chi connectivity index (χ1v) is 19.2. The molecule has 19 nitrogen and oxygen atoms in total. The molecule has 0 bridgehead atoms. The van der Waals surface area contributed by atoms with Gasteiger partial charge < -0.3 is 41.4 Å². The van der Waals surface area contributed by atoms with Gasteiger partial charge in [-0.2, -0.15) is 0 Å². The number of pyridine rings is 1. The maximum Gasteiger partial charge on any atom is 0.260 e. The number of hydrogen-bond donors (Lipinski definition) is 4. The third-order valence-corrected chi connectivity index (χ3v) is 9.93. The summed E-state index contributed by atoms with van der Waals surface area (Å²) in [5.41, 5.74) is 11.4. The number of nitrogens with two attached hydrogens (primary N) is 2. The molecule has 1 aromatic heterocycles. The Morgan fingerprint density at radius 2 is 1.48 bits per heavy atom. The molecule has 7 amide bonds. The van der Waals surface area contributed by atoms with Crippen LogP contribution in [0.1, 0.15) is 82.0 Å². The SMILES string of the molecule is CC(C)C[C@H](NC(=O)[C@H](CCC(N)=O)NC(=O)[C@@H]1CCCN1C(=O)[C@@H]1CCCN1C(=O)c1ccc[n+](C)c1)C(=O)N1CCC[C@H]1C(N)=O.COS(=O)(=O)[O-]. The van der Waals surface area contributed by atoms with Gasteiger partial charge in [-0.15, -0.1) is 0 Å². The summed E-state index contributed by atoms with van der Waals surface area (Å²) in [6.45, 7) is 4.84. The highest BCUT2D eigenvalue weighted by Crippen LogP contribution is 2.27. The molecule has 5 atom stereocenters. The number of nitrogens with one attached hydrogen (secondary N) is 2. The van der Waals surface area contributed by atoms with Crippen molar-refractivity contribution in [1.82, 2.24) is 25.3 Å². The monoisotopic (exact) mass is 780 g/mol. The second-order valence-electron chi connectivity index (χ2n) is 14.0. The number of nitrogens with zero attached hydrogens (tertiary/aromatic N) is 4. The van der Waals surface area contributed by atoms with Gasteiger partial charge >= 0.3 is 0 Å². The van der Waals surface area contributed by atoms with Crippen LogP contribution in [0.4, 0.5) is 0 Å². The quantitative estimate of drug-likeness (QED) is 0.0907. The molecular weight excluding hydrogens is 728 g/mol. The van der Waals surface area contributed by atoms with Crippen LogP contribution in [0.15, 0.2) is 24.5 Å². The van der Waals surface area contributed by atoms with Gasteiger partial charge in [-0.3, -0.25) is 37.7 Å². The number of aryl methyl sites for hydroxylation is 1. The van der Waals surface area contributed by atoms with Crippen molar-refractivity contribution in [2.45, 2.75) is 102 Å². The van der Waals surface area contributed by atoms with Gasteiger partial charge in [-0.25, -0.2) is 13.0 Å². The van der Waals surface area contributed by atoms with Gasteiger partial charge in [0.2, 0.25) is 45.8 Å². The Kier molecular flexibility index (Phi) is 15.9. The largest absolute Gasteiger partial charge is 0.726 e. The molecule has 0 spiro atoms. The van der Waals surface area contributed by atoms with Gasteiger partial charge in [-0.05, 0) is 63.4 Å². The van der Waals surface area contributed by atoms with Gasteiger partial charge in [0.1, 0.15) is 42.8 Å². The third kappa shape index (κ3) is 12.2. The highest BCUT2D eigenvalue weighted by molar-refractivity contribution is 7.80. The average Bonchev–Trinajstić information content (AvgIpc) is 3.90. The molecule has 0 aliphatic carbocycles. The smallest absolute Gasteiger partial charge is 0.260 e. The number of hydrogen-bond acceptors (Lipinski definition) is 11. The standard InChI is InChI=1S/C33H48N8O7.CH4O4S/c1-20(2)18-23(32(47)39-15-5-9-24(39)28(35)43)37-29(44)22(12-13-27(34)42)36-30(45)25-10-6-16-40(25)33(48)26-11-7-17-41(26)31(46)21-8-4-14-38(3)19-21;1-5-6(2,3)4/h4,8,14,19-20,22-26H,5-7,9-13,15-18H2,1-3H3,(H5-,34,35,36,37,42,43,44,45);1H3,(H,2,3,4)/t22-,23-,24-,25-,26-;/m0./s1. The van der Waals surface area contributed by atoms with E-state index in [1.807, 2.05) is 27.1 Å². The number of likely N-dealkylation sites (tertiary alicyclic amines) is 3. The Hall–Kier alpha value is -4.69. The zero-order valence-corrected chi connectivity index (χ0v) is 31.9. The van der Waals surface area contributed by atoms with Crippen LogP contribution in [-0.2, 0) is 50.4 Å². The highest BCUT2D eigenvalue weighted by Gasteiger charge is 2.43. The summed E-state index contributed by atoms with van der Waals surface area (Å²) in [6.07, 6.45) is 6.52. The molecular formula is C34H52N8O11S. The Morgan fingerprint density at radius 3 is 2.04 bits per heavy atom. The maximum absolute atomic E-state index is 13.9. The van der Waals surface area contributed by atoms with Crippen LogP contribution in [0.25, 0.3) is 0 Å². The molecule has 4 rings (SSSR count). The fourth-order valence-electron chi connectivity index (χ4n) is 6.96. The number of carbonyl (C=O) groups excluding carboxylic acids is 7. The minimum atomic E-state index is -4.41. The van der Waals surface area contributed by atoms with E-state index in [1.54, 1.807) is 27.8 Å². The first kappa shape index (κ1) is 43.7. The van der Waals surface area contributed by atoms with Gasteiger partial charge in [0.25, 0.3) is 5.91 Å². The van der Waals surface area contributed by atoms with Crippen molar-refractivity contribution in [3.63, 3.8) is 0 Å². The minimum Gasteiger partial charge on any atom is -0.726 e. The zero-order chi connectivity index (χ0) is 40.3. The Bertz CT molecular complexity index is 1670. The van der Waals surface area contributed by atoms with Crippen LogP contribution in [0.3, 0.4) is 0 Å². The van der Waals surface area contributed by atoms with Crippen LogP contribution in [0.2, 0.25) is 0 Å². The topological polar surface area (TPSA) is 276 Å². The molecule has 54 heavy (non-hydrogen) atoms. The predicted molar refractivity (Wildman–Crippen MR) is 189 cm³/mol. The number of carbonyl (C=O) groups is 7. The minimum absolute atomic E-state index is 0.00250. The summed E-state index contributed by atoms with van der Waals surface area (Å²) in [5.74, 6) is -3.57. The van der Waals surface area contributed by atoms with Crippen LogP contribution in [-0.4, -0.2) is 126 Å². The number of rotatable bonds is 14. The second-order valence-corrected chi connectivity index (χ2v) is 15.2. The average molecular weight is 781 g/mol. The van der Waals surface area contributed by atoms with E-state index < -0.39 is 70.1 Å². The molecule has 20 heteroatoms. The molecule has 3 fully saturated rings. The molecule has 3 aliphatic heterocycles. The van der Waals surface area contributed by atoms with Gasteiger partial charge in [0.15, 0.2) is 12.4 Å². The van der Waals surface area contributed by atoms with E-state index in [-0.39, 0.29) is 37.0 Å². The molecule has 0 radical (unpaired) electrons. The van der Waals surface area contributed by atoms with Gasteiger partial charge in [0, 0.05) is 32.1 Å². The summed E-state index contributed by atoms with van der Waals surface area (Å²) >= 11 is 0. The van der Waals surface area contributed by atoms with E-state index in [4.69, 9.17) is 11.5 Å². The van der Waals surface area contributed by atoms with Crippen LogP contribution < -0.4 is 26.7 Å². The van der Waals surface area contributed by atoms with Crippen molar-refractivity contribution in [3.8, 4) is 0 Å². The van der Waals surface area contributed by atoms with Crippen molar-refractivity contribution >= 4 is 51.7 Å². The lowest BCUT2D eigenvalue weighted by Gasteiger charge is -2.32. The summed E-state index contributed by atoms with van der Waals surface area (Å²) in [6, 6.07) is -1.12. The summed E-state index contributed by atoms with van der Waals surface area (Å²) in [5, 5.41) is 5.46. The molecule has 0 saturated carbocycles. The van der Waals surface area contributed by atoms with E-state index in [2.05, 4.69) is 14.8 Å². The lowest BCUT2D eigenvalue weighted by atomic mass is 10.0. The molecule has 0 aromatic carbocycles. The first-order chi connectivity index (χ1) is 25.3. The lowest BCUT2D eigenvalue weighted by Crippen LogP contribution is -2.58. The Balaban J connectivity index is 0.00000120. The molecule has 6 N–H and O–H groups in total. The Labute approximate surface area is 315 Å². The lowest BCUT2D eigenvalue weighted by molar-refractivity contribution is -0.671. The normalized spacial score (nSPS) is 20.9. The molecule has 3 aliphatic rings. The fourth-order valence-corrected chi connectivity index (χ4v) is 6.96.